The molecule has 2 aromatic carbocycles. The molecule has 0 saturated carbocycles. The van der Waals surface area contributed by atoms with Gasteiger partial charge in [-0.1, -0.05) is 58.4 Å². The molecule has 0 saturated heterocycles. The van der Waals surface area contributed by atoms with E-state index in [-0.39, 0.29) is 11.8 Å². The number of carbonyl (C=O) groups is 3. The largest absolute Gasteiger partial charge is 0.439 e. The van der Waals surface area contributed by atoms with Crippen molar-refractivity contribution in [1.82, 2.24) is 0 Å². The number of alkyl halides is 1. The summed E-state index contributed by atoms with van der Waals surface area (Å²) in [6.07, 6.45) is -0.0110. The number of ketones is 1. The van der Waals surface area contributed by atoms with Crippen molar-refractivity contribution in [3.05, 3.63) is 65.7 Å². The number of benzene rings is 2. The number of likely N-dealkylation sites (N-methyl/N-ethyl adjacent to an activating group) is 1. The zero-order valence-electron chi connectivity index (χ0n) is 13.6. The number of rotatable bonds is 4. The average Bonchev–Trinajstić information content (AvgIpc) is 2.65. The first kappa shape index (κ1) is 17.4. The van der Waals surface area contributed by atoms with Crippen LogP contribution in [-0.4, -0.2) is 35.6 Å². The summed E-state index contributed by atoms with van der Waals surface area (Å²) in [4.78, 5) is 39.7. The zero-order chi connectivity index (χ0) is 18.0. The third-order valence-electron chi connectivity index (χ3n) is 4.22. The Labute approximate surface area is 153 Å². The Bertz CT molecular complexity index is 836. The number of Topliss-reactive ketones (excluding diaryl/α,β-unsaturated/α-hetero) is 1. The summed E-state index contributed by atoms with van der Waals surface area (Å²) in [5, 5.41) is -0.102. The van der Waals surface area contributed by atoms with E-state index in [1.807, 2.05) is 18.2 Å². The molecule has 25 heavy (non-hydrogen) atoms. The highest BCUT2D eigenvalue weighted by molar-refractivity contribution is 9.09. The number of hydrogen-bond donors (Lipinski definition) is 0. The second-order valence-corrected chi connectivity index (χ2v) is 6.37. The zero-order valence-corrected chi connectivity index (χ0v) is 15.2. The molecule has 0 spiro atoms. The second kappa shape index (κ2) is 6.80. The summed E-state index contributed by atoms with van der Waals surface area (Å²) in [6, 6.07) is 15.9. The minimum atomic E-state index is -1.89. The van der Waals surface area contributed by atoms with E-state index in [9.17, 15) is 14.4 Å². The minimum Gasteiger partial charge on any atom is -0.439 e. The fraction of sp³-hybridized carbons (Fsp3) is 0.211. The number of hydrogen-bond acceptors (Lipinski definition) is 4. The van der Waals surface area contributed by atoms with Gasteiger partial charge in [0, 0.05) is 19.0 Å². The van der Waals surface area contributed by atoms with Crippen molar-refractivity contribution in [2.24, 2.45) is 0 Å². The van der Waals surface area contributed by atoms with Gasteiger partial charge in [-0.2, -0.15) is 0 Å². The lowest BCUT2D eigenvalue weighted by atomic mass is 9.81. The van der Waals surface area contributed by atoms with Gasteiger partial charge in [-0.25, -0.2) is 0 Å². The van der Waals surface area contributed by atoms with Crippen molar-refractivity contribution in [3.63, 3.8) is 0 Å². The Morgan fingerprint density at radius 3 is 2.40 bits per heavy atom. The first-order chi connectivity index (χ1) is 12.0. The second-order valence-electron chi connectivity index (χ2n) is 5.81. The van der Waals surface area contributed by atoms with Gasteiger partial charge in [0.2, 0.25) is 5.78 Å². The van der Waals surface area contributed by atoms with Crippen LogP contribution in [0.2, 0.25) is 0 Å². The number of nitrogens with zero attached hydrogens (tertiary/aromatic N) is 1. The predicted octanol–water partition coefficient (Wildman–Crippen LogP) is 2.77. The topological polar surface area (TPSA) is 63.7 Å². The van der Waals surface area contributed by atoms with Crippen LogP contribution in [0.5, 0.6) is 0 Å². The number of esters is 1. The molecule has 0 bridgehead atoms. The Hall–Kier alpha value is -2.47. The normalized spacial score (nSPS) is 19.5. The third-order valence-corrected chi connectivity index (χ3v) is 4.68. The molecule has 128 valence electrons. The van der Waals surface area contributed by atoms with Crippen LogP contribution in [0, 0.1) is 0 Å². The molecule has 1 unspecified atom stereocenters. The van der Waals surface area contributed by atoms with E-state index in [1.54, 1.807) is 43.4 Å². The summed E-state index contributed by atoms with van der Waals surface area (Å²) >= 11 is 3.03. The average molecular weight is 402 g/mol. The van der Waals surface area contributed by atoms with E-state index < -0.39 is 23.3 Å². The van der Waals surface area contributed by atoms with Crippen LogP contribution in [0.1, 0.15) is 15.9 Å². The van der Waals surface area contributed by atoms with Crippen LogP contribution in [0.4, 0.5) is 5.69 Å². The molecule has 1 heterocycles. The standard InChI is InChI=1S/C19H16BrNO4/c1-21-15-10-6-5-9-14(15)17(23)19(18(21)24,25-16(22)12-20)11-13-7-3-2-4-8-13/h2-10H,11-12H2,1H3. The molecule has 1 aliphatic rings. The van der Waals surface area contributed by atoms with E-state index in [0.717, 1.165) is 5.56 Å². The fourth-order valence-corrected chi connectivity index (χ4v) is 3.15. The van der Waals surface area contributed by atoms with E-state index in [4.69, 9.17) is 4.74 Å². The Morgan fingerprint density at radius 1 is 1.08 bits per heavy atom. The third kappa shape index (κ3) is 2.98. The molecule has 2 aromatic rings. The number of fused-ring (bicyclic) bond motifs is 1. The van der Waals surface area contributed by atoms with Crippen LogP contribution in [0.3, 0.4) is 0 Å². The predicted molar refractivity (Wildman–Crippen MR) is 96.9 cm³/mol. The molecule has 0 aliphatic carbocycles. The number of amides is 1. The quantitative estimate of drug-likeness (QED) is 0.448. The molecule has 3 rings (SSSR count). The molecule has 5 nitrogen and oxygen atoms in total. The van der Waals surface area contributed by atoms with E-state index in [1.165, 1.54) is 4.90 Å². The van der Waals surface area contributed by atoms with Gasteiger partial charge < -0.3 is 9.64 Å². The SMILES string of the molecule is CN1C(=O)C(Cc2ccccc2)(OC(=O)CBr)C(=O)c2ccccc21. The highest BCUT2D eigenvalue weighted by Crippen LogP contribution is 2.36. The Morgan fingerprint density at radius 2 is 1.72 bits per heavy atom. The maximum absolute atomic E-state index is 13.2. The van der Waals surface area contributed by atoms with Crippen LogP contribution >= 0.6 is 15.9 Å². The molecule has 0 aromatic heterocycles. The van der Waals surface area contributed by atoms with Crippen molar-refractivity contribution in [3.8, 4) is 0 Å². The molecule has 0 N–H and O–H groups in total. The molecule has 0 radical (unpaired) electrons. The maximum Gasteiger partial charge on any atom is 0.318 e. The summed E-state index contributed by atoms with van der Waals surface area (Å²) in [5.41, 5.74) is -0.284. The summed E-state index contributed by atoms with van der Waals surface area (Å²) in [7, 11) is 1.58. The first-order valence-corrected chi connectivity index (χ1v) is 8.85. The lowest BCUT2D eigenvalue weighted by Gasteiger charge is -2.39. The highest BCUT2D eigenvalue weighted by Gasteiger charge is 2.55. The molecule has 0 fully saturated rings. The number of halogens is 1. The summed E-state index contributed by atoms with van der Waals surface area (Å²) in [6.45, 7) is 0. The van der Waals surface area contributed by atoms with Crippen molar-refractivity contribution in [2.45, 2.75) is 12.0 Å². The number of para-hydroxylation sites is 1. The summed E-state index contributed by atoms with van der Waals surface area (Å²) < 4.78 is 5.46. The number of anilines is 1. The number of ether oxygens (including phenoxy) is 1. The van der Waals surface area contributed by atoms with Gasteiger partial charge in [-0.05, 0) is 17.7 Å². The van der Waals surface area contributed by atoms with Gasteiger partial charge in [0.05, 0.1) is 5.69 Å². The molecular weight excluding hydrogens is 386 g/mol. The van der Waals surface area contributed by atoms with Crippen molar-refractivity contribution in [1.29, 1.82) is 0 Å². The smallest absolute Gasteiger partial charge is 0.318 e. The van der Waals surface area contributed by atoms with Gasteiger partial charge >= 0.3 is 5.97 Å². The molecular formula is C19H16BrNO4. The van der Waals surface area contributed by atoms with Crippen molar-refractivity contribution < 1.29 is 19.1 Å². The first-order valence-electron chi connectivity index (χ1n) is 7.73. The van der Waals surface area contributed by atoms with Gasteiger partial charge in [-0.15, -0.1) is 0 Å². The van der Waals surface area contributed by atoms with Crippen LogP contribution in [0.25, 0.3) is 0 Å². The van der Waals surface area contributed by atoms with Gasteiger partial charge in [0.15, 0.2) is 0 Å². The van der Waals surface area contributed by atoms with Gasteiger partial charge in [0.1, 0.15) is 5.33 Å². The molecule has 1 atom stereocenters. The maximum atomic E-state index is 13.2. The van der Waals surface area contributed by atoms with Crippen LogP contribution in [-0.2, 0) is 20.7 Å². The highest BCUT2D eigenvalue weighted by atomic mass is 79.9. The van der Waals surface area contributed by atoms with E-state index in [0.29, 0.717) is 11.3 Å². The minimum absolute atomic E-state index is 0.0110. The van der Waals surface area contributed by atoms with Crippen molar-refractivity contribution in [2.75, 3.05) is 17.3 Å². The summed E-state index contributed by atoms with van der Waals surface area (Å²) in [5.74, 6) is -1.70. The lowest BCUT2D eigenvalue weighted by Crippen LogP contribution is -2.60. The van der Waals surface area contributed by atoms with E-state index >= 15 is 0 Å². The van der Waals surface area contributed by atoms with Gasteiger partial charge in [0.25, 0.3) is 11.5 Å². The van der Waals surface area contributed by atoms with Crippen LogP contribution in [0.15, 0.2) is 54.6 Å². The molecule has 1 aliphatic heterocycles. The lowest BCUT2D eigenvalue weighted by molar-refractivity contribution is -0.159. The van der Waals surface area contributed by atoms with Gasteiger partial charge in [-0.3, -0.25) is 14.4 Å². The monoisotopic (exact) mass is 401 g/mol. The Balaban J connectivity index is 2.14. The fourth-order valence-electron chi connectivity index (χ4n) is 3.04. The number of carbonyl (C=O) groups excluding carboxylic acids is 3. The Kier molecular flexibility index (Phi) is 4.72. The molecule has 6 heteroatoms. The van der Waals surface area contributed by atoms with E-state index in [2.05, 4.69) is 15.9 Å². The van der Waals surface area contributed by atoms with Crippen molar-refractivity contribution >= 4 is 39.3 Å². The van der Waals surface area contributed by atoms with Crippen LogP contribution < -0.4 is 4.90 Å². The molecule has 1 amide bonds.